The van der Waals surface area contributed by atoms with Crippen LogP contribution in [0.1, 0.15) is 59.8 Å². The molecule has 5 rings (SSSR count). The van der Waals surface area contributed by atoms with Crippen LogP contribution in [0.15, 0.2) is 24.3 Å². The first kappa shape index (κ1) is 32.4. The molecule has 0 spiro atoms. The minimum Gasteiger partial charge on any atom is -0.394 e. The van der Waals surface area contributed by atoms with Gasteiger partial charge in [0.15, 0.2) is 12.6 Å². The summed E-state index contributed by atoms with van der Waals surface area (Å²) in [5.41, 5.74) is 0.374. The molecular weight excluding hydrogens is 548 g/mol. The second-order valence-corrected chi connectivity index (χ2v) is 14.2. The number of aliphatic hydroxyl groups is 7. The molecule has 0 aromatic heterocycles. The molecule has 240 valence electrons. The smallest absolute Gasteiger partial charge is 0.187 e. The summed E-state index contributed by atoms with van der Waals surface area (Å²) in [5.74, 6) is 0.414. The highest BCUT2D eigenvalue weighted by atomic mass is 16.7. The molecule has 0 bridgehead atoms. The third kappa shape index (κ3) is 5.22. The first-order valence-electron chi connectivity index (χ1n) is 15.3. The zero-order chi connectivity index (χ0) is 30.8. The van der Waals surface area contributed by atoms with Gasteiger partial charge in [-0.05, 0) is 54.8 Å². The molecule has 15 atom stereocenters. The molecule has 11 heteroatoms. The molecule has 2 heterocycles. The summed E-state index contributed by atoms with van der Waals surface area (Å²) in [7, 11) is 0. The van der Waals surface area contributed by atoms with Crippen LogP contribution in [0.2, 0.25) is 0 Å². The zero-order valence-corrected chi connectivity index (χ0v) is 25.1. The van der Waals surface area contributed by atoms with Crippen LogP contribution in [0.3, 0.4) is 0 Å². The maximum atomic E-state index is 10.7. The summed E-state index contributed by atoms with van der Waals surface area (Å²) < 4.78 is 24.1. The number of aliphatic hydroxyl groups excluding tert-OH is 7. The van der Waals surface area contributed by atoms with E-state index < -0.39 is 80.0 Å². The highest BCUT2D eigenvalue weighted by molar-refractivity contribution is 5.29. The van der Waals surface area contributed by atoms with Crippen molar-refractivity contribution in [1.82, 2.24) is 0 Å². The van der Waals surface area contributed by atoms with E-state index in [9.17, 15) is 35.7 Å². The Balaban J connectivity index is 1.36. The van der Waals surface area contributed by atoms with E-state index in [1.807, 2.05) is 13.0 Å². The van der Waals surface area contributed by atoms with Gasteiger partial charge in [-0.2, -0.15) is 0 Å². The van der Waals surface area contributed by atoms with Gasteiger partial charge in [-0.1, -0.05) is 45.4 Å². The summed E-state index contributed by atoms with van der Waals surface area (Å²) >= 11 is 0. The van der Waals surface area contributed by atoms with E-state index in [1.54, 1.807) is 0 Å². The Morgan fingerprint density at radius 2 is 1.38 bits per heavy atom. The van der Waals surface area contributed by atoms with Crippen molar-refractivity contribution in [2.24, 2.45) is 28.1 Å². The van der Waals surface area contributed by atoms with E-state index in [1.165, 1.54) is 5.57 Å². The van der Waals surface area contributed by atoms with Crippen LogP contribution in [0.5, 0.6) is 0 Å². The van der Waals surface area contributed by atoms with Crippen molar-refractivity contribution in [3.8, 4) is 0 Å². The molecule has 11 nitrogen and oxygen atoms in total. The first-order valence-corrected chi connectivity index (χ1v) is 15.3. The van der Waals surface area contributed by atoms with Gasteiger partial charge >= 0.3 is 0 Å². The number of rotatable bonds is 7. The minimum atomic E-state index is -1.52. The first-order chi connectivity index (χ1) is 19.7. The third-order valence-electron chi connectivity index (χ3n) is 11.5. The fourth-order valence-corrected chi connectivity index (χ4v) is 8.76. The molecule has 2 saturated heterocycles. The summed E-state index contributed by atoms with van der Waals surface area (Å²) in [6, 6.07) is 0. The quantitative estimate of drug-likeness (QED) is 0.201. The van der Waals surface area contributed by atoms with Gasteiger partial charge in [0.25, 0.3) is 0 Å². The van der Waals surface area contributed by atoms with Crippen molar-refractivity contribution >= 4 is 0 Å². The van der Waals surface area contributed by atoms with Gasteiger partial charge in [-0.25, -0.2) is 0 Å². The van der Waals surface area contributed by atoms with Crippen LogP contribution < -0.4 is 0 Å². The van der Waals surface area contributed by atoms with E-state index in [2.05, 4.69) is 33.4 Å². The lowest BCUT2D eigenvalue weighted by atomic mass is 9.44. The Morgan fingerprint density at radius 1 is 0.833 bits per heavy atom. The van der Waals surface area contributed by atoms with Gasteiger partial charge in [0.1, 0.15) is 42.7 Å². The van der Waals surface area contributed by atoms with Crippen molar-refractivity contribution in [2.75, 3.05) is 13.2 Å². The van der Waals surface area contributed by atoms with Crippen molar-refractivity contribution in [1.29, 1.82) is 0 Å². The predicted molar refractivity (Wildman–Crippen MR) is 150 cm³/mol. The molecule has 7 N–H and O–H groups in total. The molecule has 0 amide bonds. The lowest BCUT2D eigenvalue weighted by Crippen LogP contribution is -2.61. The van der Waals surface area contributed by atoms with Crippen molar-refractivity contribution in [3.63, 3.8) is 0 Å². The maximum absolute atomic E-state index is 10.7. The lowest BCUT2D eigenvalue weighted by molar-refractivity contribution is -0.318. The summed E-state index contributed by atoms with van der Waals surface area (Å²) in [4.78, 5) is 0. The van der Waals surface area contributed by atoms with Crippen LogP contribution >= 0.6 is 0 Å². The van der Waals surface area contributed by atoms with Gasteiger partial charge in [0, 0.05) is 5.41 Å². The largest absolute Gasteiger partial charge is 0.394 e. The van der Waals surface area contributed by atoms with Crippen LogP contribution in [0.4, 0.5) is 0 Å². The van der Waals surface area contributed by atoms with Gasteiger partial charge in [-0.3, -0.25) is 0 Å². The Bertz CT molecular complexity index is 1020. The van der Waals surface area contributed by atoms with Gasteiger partial charge in [0.2, 0.25) is 0 Å². The van der Waals surface area contributed by atoms with Crippen LogP contribution in [0.25, 0.3) is 0 Å². The topological polar surface area (TPSA) is 179 Å². The monoisotopic (exact) mass is 598 g/mol. The molecule has 0 aromatic carbocycles. The summed E-state index contributed by atoms with van der Waals surface area (Å²) in [6.45, 7) is 11.9. The van der Waals surface area contributed by atoms with Crippen LogP contribution in [0, 0.1) is 28.1 Å². The van der Waals surface area contributed by atoms with Gasteiger partial charge in [-0.15, -0.1) is 6.58 Å². The van der Waals surface area contributed by atoms with E-state index in [0.717, 1.165) is 19.3 Å². The zero-order valence-electron chi connectivity index (χ0n) is 25.1. The van der Waals surface area contributed by atoms with Crippen molar-refractivity contribution in [2.45, 2.75) is 127 Å². The molecule has 5 aliphatic rings. The van der Waals surface area contributed by atoms with E-state index in [4.69, 9.17) is 18.9 Å². The normalized spacial score (nSPS) is 52.3. The second kappa shape index (κ2) is 11.8. The van der Waals surface area contributed by atoms with Crippen molar-refractivity contribution < 1.29 is 54.7 Å². The molecule has 0 radical (unpaired) electrons. The molecule has 4 fully saturated rings. The molecule has 2 saturated carbocycles. The Kier molecular flexibility index (Phi) is 9.08. The maximum Gasteiger partial charge on any atom is 0.187 e. The number of allylic oxidation sites excluding steroid dienone is 1. The number of hydrogen-bond donors (Lipinski definition) is 7. The fraction of sp³-hybridized carbons (Fsp3) is 0.871. The summed E-state index contributed by atoms with van der Waals surface area (Å²) in [6.07, 6.45) is -3.64. The molecule has 3 aliphatic carbocycles. The van der Waals surface area contributed by atoms with E-state index in [0.29, 0.717) is 12.8 Å². The number of ether oxygens (including phenoxy) is 4. The fourth-order valence-electron chi connectivity index (χ4n) is 8.76. The highest BCUT2D eigenvalue weighted by Crippen LogP contribution is 2.64. The average molecular weight is 599 g/mol. The molecule has 0 unspecified atom stereocenters. The number of fused-ring (bicyclic) bond motifs is 3. The van der Waals surface area contributed by atoms with Gasteiger partial charge < -0.3 is 54.7 Å². The molecular formula is C31H50O11. The highest BCUT2D eigenvalue weighted by Gasteiger charge is 2.60. The molecule has 42 heavy (non-hydrogen) atoms. The second-order valence-electron chi connectivity index (χ2n) is 14.2. The number of hydrogen-bond acceptors (Lipinski definition) is 11. The Hall–Kier alpha value is -0.960. The SMILES string of the molecule is C=C[C@]1(C)C=C2CC[C@H]3C(C)(C)[C@@H](O[C@@H]4O[C@@H](CO)[C@H](O)[C@H]4O)CC[C@@]3(C)[C@H]2C[C@H]1O[C@@H]1O[C@H](CO)[C@@H](O)[C@H](O)[C@H]1O. The Labute approximate surface area is 247 Å². The van der Waals surface area contributed by atoms with Crippen LogP contribution in [-0.4, -0.2) is 116 Å². The van der Waals surface area contributed by atoms with Crippen LogP contribution in [-0.2, 0) is 18.9 Å². The Morgan fingerprint density at radius 3 is 1.95 bits per heavy atom. The predicted octanol–water partition coefficient (Wildman–Crippen LogP) is 0.371. The molecule has 2 aliphatic heterocycles. The summed E-state index contributed by atoms with van der Waals surface area (Å²) in [5, 5.41) is 71.1. The molecule has 0 aromatic rings. The minimum absolute atomic E-state index is 0.116. The van der Waals surface area contributed by atoms with Gasteiger partial charge in [0.05, 0.1) is 25.4 Å². The van der Waals surface area contributed by atoms with Crippen molar-refractivity contribution in [3.05, 3.63) is 24.3 Å². The standard InChI is InChI=1S/C31H50O11/c1-6-30(4)12-15-7-8-19-29(2,3)20(41-27-25(37)23(35)18(14-33)40-27)9-10-31(19,5)16(15)11-21(30)42-28-26(38)24(36)22(34)17(13-32)39-28/h6,12,16-28,32-38H,1,7-11,13-14H2,2-5H3/t16-,17+,18-,19-,20-,21+,22+,23-,24-,25+,26+,27-,28-,30+,31-/m0/s1. The van der Waals surface area contributed by atoms with E-state index in [-0.39, 0.29) is 28.8 Å². The van der Waals surface area contributed by atoms with E-state index >= 15 is 0 Å². The third-order valence-corrected chi connectivity index (χ3v) is 11.5. The average Bonchev–Trinajstić information content (AvgIpc) is 3.23. The lowest BCUT2D eigenvalue weighted by Gasteiger charge is -2.62.